The van der Waals surface area contributed by atoms with Gasteiger partial charge < -0.3 is 19.6 Å². The molecule has 8 heteroatoms. The van der Waals surface area contributed by atoms with Gasteiger partial charge in [-0.1, -0.05) is 40.2 Å². The zero-order chi connectivity index (χ0) is 24.1. The number of oxazole rings is 1. The molecule has 0 aliphatic carbocycles. The minimum Gasteiger partial charge on any atom is -0.493 e. The zero-order valence-electron chi connectivity index (χ0n) is 18.2. The van der Waals surface area contributed by atoms with E-state index in [1.807, 2.05) is 37.3 Å². The van der Waals surface area contributed by atoms with Gasteiger partial charge in [-0.3, -0.25) is 4.79 Å². The van der Waals surface area contributed by atoms with Crippen molar-refractivity contribution in [2.45, 2.75) is 13.3 Å². The van der Waals surface area contributed by atoms with Crippen molar-refractivity contribution in [1.82, 2.24) is 4.98 Å². The molecule has 0 spiro atoms. The summed E-state index contributed by atoms with van der Waals surface area (Å²) >= 11 is 3.24. The number of aryl methyl sites for hydroxylation is 1. The Labute approximate surface area is 204 Å². The van der Waals surface area contributed by atoms with Crippen molar-refractivity contribution in [3.8, 4) is 17.2 Å². The fourth-order valence-corrected chi connectivity index (χ4v) is 3.71. The van der Waals surface area contributed by atoms with Crippen LogP contribution >= 0.6 is 15.9 Å². The second-order valence-electron chi connectivity index (χ2n) is 7.46. The molecule has 4 rings (SSSR count). The van der Waals surface area contributed by atoms with Gasteiger partial charge in [-0.15, -0.1) is 0 Å². The van der Waals surface area contributed by atoms with E-state index in [-0.39, 0.29) is 11.3 Å². The molecule has 0 fully saturated rings. The number of carboxylic acid groups (broad SMARTS) is 1. The Hall–Kier alpha value is -3.91. The maximum Gasteiger partial charge on any atom is 0.337 e. The van der Waals surface area contributed by atoms with E-state index >= 15 is 0 Å². The Balaban J connectivity index is 1.39. The molecule has 34 heavy (non-hydrogen) atoms. The standard InChI is InChI=1S/C26H21BrN2O5/c1-16-22(29-25(34-16)17-6-3-2-4-7-17)12-13-33-20-9-5-8-18(14-20)24(30)28-23-11-10-19(27)15-21(23)26(31)32/h2-11,14-15H,12-13H2,1H3,(H,28,30)(H,31,32). The number of carbonyl (C=O) groups excluding carboxylic acids is 1. The third-order valence-electron chi connectivity index (χ3n) is 5.08. The molecule has 1 heterocycles. The van der Waals surface area contributed by atoms with Crippen LogP contribution < -0.4 is 10.1 Å². The van der Waals surface area contributed by atoms with Crippen LogP contribution in [0.5, 0.6) is 5.75 Å². The number of nitrogens with one attached hydrogen (secondary N) is 1. The molecule has 1 amide bonds. The van der Waals surface area contributed by atoms with Crippen LogP contribution in [0.25, 0.3) is 11.5 Å². The molecule has 4 aromatic rings. The van der Waals surface area contributed by atoms with Gasteiger partial charge in [-0.05, 0) is 55.5 Å². The average molecular weight is 521 g/mol. The predicted octanol–water partition coefficient (Wildman–Crippen LogP) is 5.98. The molecule has 0 atom stereocenters. The van der Waals surface area contributed by atoms with Crippen molar-refractivity contribution in [2.24, 2.45) is 0 Å². The van der Waals surface area contributed by atoms with Gasteiger partial charge in [0, 0.05) is 22.0 Å². The van der Waals surface area contributed by atoms with E-state index in [0.717, 1.165) is 17.0 Å². The molecule has 0 radical (unpaired) electrons. The van der Waals surface area contributed by atoms with Crippen LogP contribution in [0.3, 0.4) is 0 Å². The van der Waals surface area contributed by atoms with Crippen molar-refractivity contribution in [1.29, 1.82) is 0 Å². The lowest BCUT2D eigenvalue weighted by atomic mass is 10.1. The van der Waals surface area contributed by atoms with Crippen LogP contribution in [0.2, 0.25) is 0 Å². The third kappa shape index (κ3) is 5.52. The molecule has 2 N–H and O–H groups in total. The highest BCUT2D eigenvalue weighted by Gasteiger charge is 2.15. The predicted molar refractivity (Wildman–Crippen MR) is 131 cm³/mol. The first kappa shape index (κ1) is 23.3. The summed E-state index contributed by atoms with van der Waals surface area (Å²) in [6.45, 7) is 2.22. The van der Waals surface area contributed by atoms with Crippen LogP contribution in [-0.2, 0) is 6.42 Å². The molecule has 0 saturated carbocycles. The smallest absolute Gasteiger partial charge is 0.337 e. The average Bonchev–Trinajstić information content (AvgIpc) is 3.21. The molecule has 3 aromatic carbocycles. The van der Waals surface area contributed by atoms with E-state index in [0.29, 0.717) is 34.7 Å². The van der Waals surface area contributed by atoms with Crippen molar-refractivity contribution in [3.05, 3.63) is 99.9 Å². The van der Waals surface area contributed by atoms with Crippen molar-refractivity contribution in [3.63, 3.8) is 0 Å². The van der Waals surface area contributed by atoms with Crippen LogP contribution in [0.1, 0.15) is 32.2 Å². The van der Waals surface area contributed by atoms with Gasteiger partial charge in [-0.2, -0.15) is 0 Å². The number of hydrogen-bond acceptors (Lipinski definition) is 5. The lowest BCUT2D eigenvalue weighted by Gasteiger charge is -2.10. The Bertz CT molecular complexity index is 1330. The van der Waals surface area contributed by atoms with Crippen LogP contribution in [0.15, 0.2) is 81.7 Å². The summed E-state index contributed by atoms with van der Waals surface area (Å²) in [7, 11) is 0. The number of nitrogens with zero attached hydrogens (tertiary/aromatic N) is 1. The Morgan fingerprint density at radius 2 is 1.85 bits per heavy atom. The number of hydrogen-bond donors (Lipinski definition) is 2. The number of anilines is 1. The fraction of sp³-hybridized carbons (Fsp3) is 0.115. The summed E-state index contributed by atoms with van der Waals surface area (Å²) < 4.78 is 12.2. The SMILES string of the molecule is Cc1oc(-c2ccccc2)nc1CCOc1cccc(C(=O)Nc2ccc(Br)cc2C(=O)O)c1. The number of amides is 1. The molecule has 172 valence electrons. The van der Waals surface area contributed by atoms with E-state index in [4.69, 9.17) is 9.15 Å². The van der Waals surface area contributed by atoms with Gasteiger partial charge in [0.15, 0.2) is 0 Å². The molecule has 0 aliphatic heterocycles. The highest BCUT2D eigenvalue weighted by Crippen LogP contribution is 2.24. The zero-order valence-corrected chi connectivity index (χ0v) is 19.8. The fourth-order valence-electron chi connectivity index (χ4n) is 3.35. The summed E-state index contributed by atoms with van der Waals surface area (Å²) in [6.07, 6.45) is 0.541. The molecule has 7 nitrogen and oxygen atoms in total. The lowest BCUT2D eigenvalue weighted by molar-refractivity contribution is 0.0698. The van der Waals surface area contributed by atoms with E-state index in [1.54, 1.807) is 30.3 Å². The quantitative estimate of drug-likeness (QED) is 0.296. The van der Waals surface area contributed by atoms with Crippen LogP contribution in [0.4, 0.5) is 5.69 Å². The first-order chi connectivity index (χ1) is 16.4. The first-order valence-electron chi connectivity index (χ1n) is 10.5. The molecular formula is C26H21BrN2O5. The number of carboxylic acids is 1. The number of benzene rings is 3. The van der Waals surface area contributed by atoms with Crippen molar-refractivity contribution in [2.75, 3.05) is 11.9 Å². The molecule has 0 bridgehead atoms. The Morgan fingerprint density at radius 3 is 2.62 bits per heavy atom. The monoisotopic (exact) mass is 520 g/mol. The summed E-state index contributed by atoms with van der Waals surface area (Å²) in [5.74, 6) is 0.258. The Morgan fingerprint density at radius 1 is 1.06 bits per heavy atom. The summed E-state index contributed by atoms with van der Waals surface area (Å²) in [5.41, 5.74) is 2.27. The van der Waals surface area contributed by atoms with Gasteiger partial charge in [0.1, 0.15) is 11.5 Å². The number of ether oxygens (including phenoxy) is 1. The minimum absolute atomic E-state index is 0.00650. The normalized spacial score (nSPS) is 10.6. The number of aromatic carboxylic acids is 1. The van der Waals surface area contributed by atoms with Crippen molar-refractivity contribution >= 4 is 33.5 Å². The molecular weight excluding hydrogens is 500 g/mol. The number of halogens is 1. The van der Waals surface area contributed by atoms with Gasteiger partial charge in [0.2, 0.25) is 5.89 Å². The van der Waals surface area contributed by atoms with E-state index in [2.05, 4.69) is 26.2 Å². The maximum absolute atomic E-state index is 12.7. The van der Waals surface area contributed by atoms with Crippen molar-refractivity contribution < 1.29 is 23.8 Å². The molecule has 1 aromatic heterocycles. The number of aromatic nitrogens is 1. The molecule has 0 aliphatic rings. The largest absolute Gasteiger partial charge is 0.493 e. The Kier molecular flexibility index (Phi) is 7.08. The van der Waals surface area contributed by atoms with Gasteiger partial charge in [-0.25, -0.2) is 9.78 Å². The second-order valence-corrected chi connectivity index (χ2v) is 8.38. The summed E-state index contributed by atoms with van der Waals surface area (Å²) in [6, 6.07) is 21.0. The molecule has 0 unspecified atom stereocenters. The summed E-state index contributed by atoms with van der Waals surface area (Å²) in [5, 5.41) is 12.0. The number of carbonyl (C=O) groups is 2. The highest BCUT2D eigenvalue weighted by atomic mass is 79.9. The van der Waals surface area contributed by atoms with Gasteiger partial charge in [0.25, 0.3) is 5.91 Å². The topological polar surface area (TPSA) is 102 Å². The van der Waals surface area contributed by atoms with Crippen LogP contribution in [0, 0.1) is 6.92 Å². The highest BCUT2D eigenvalue weighted by molar-refractivity contribution is 9.10. The second kappa shape index (κ2) is 10.4. The van der Waals surface area contributed by atoms with E-state index in [9.17, 15) is 14.7 Å². The van der Waals surface area contributed by atoms with Crippen LogP contribution in [-0.4, -0.2) is 28.6 Å². The van der Waals surface area contributed by atoms with E-state index in [1.165, 1.54) is 12.1 Å². The third-order valence-corrected chi connectivity index (χ3v) is 5.57. The maximum atomic E-state index is 12.7. The summed E-state index contributed by atoms with van der Waals surface area (Å²) in [4.78, 5) is 28.8. The first-order valence-corrected chi connectivity index (χ1v) is 11.3. The van der Waals surface area contributed by atoms with Gasteiger partial charge in [0.05, 0.1) is 23.6 Å². The number of rotatable bonds is 8. The molecule has 0 saturated heterocycles. The lowest BCUT2D eigenvalue weighted by Crippen LogP contribution is -2.15. The van der Waals surface area contributed by atoms with E-state index < -0.39 is 11.9 Å². The minimum atomic E-state index is -1.13. The van der Waals surface area contributed by atoms with Gasteiger partial charge >= 0.3 is 5.97 Å².